The number of furan rings is 1. The molecule has 1 aromatic heterocycles. The topological polar surface area (TPSA) is 16.4 Å². The molecule has 0 radical (unpaired) electrons. The summed E-state index contributed by atoms with van der Waals surface area (Å²) >= 11 is 0. The Hall–Kier alpha value is -6.64. The standard InChI is InChI=1S/C48H31NO/c1-3-9-36-27-39(17-13-32(36)7-1)40-18-15-35-14-16-38(28-41(35)29-40)34-19-22-42(23-20-34)49(43-24-21-33-8-2-4-10-37(33)30-43)44-25-26-46-45-11-5-6-12-47(45)50-48(46)31-44/h1-31H. The van der Waals surface area contributed by atoms with Crippen molar-refractivity contribution in [1.29, 1.82) is 0 Å². The van der Waals surface area contributed by atoms with Crippen molar-refractivity contribution in [3.8, 4) is 22.3 Å². The second kappa shape index (κ2) is 11.5. The third kappa shape index (κ3) is 4.89. The molecule has 0 aliphatic heterocycles. The zero-order valence-electron chi connectivity index (χ0n) is 27.3. The average molecular weight is 638 g/mol. The number of para-hydroxylation sites is 1. The van der Waals surface area contributed by atoms with Crippen molar-refractivity contribution in [1.82, 2.24) is 0 Å². The average Bonchev–Trinajstić information content (AvgIpc) is 3.55. The van der Waals surface area contributed by atoms with E-state index < -0.39 is 0 Å². The second-order valence-corrected chi connectivity index (χ2v) is 13.0. The van der Waals surface area contributed by atoms with Gasteiger partial charge in [-0.15, -0.1) is 0 Å². The summed E-state index contributed by atoms with van der Waals surface area (Å²) in [4.78, 5) is 2.32. The van der Waals surface area contributed by atoms with Gasteiger partial charge in [0.15, 0.2) is 0 Å². The maximum absolute atomic E-state index is 6.33. The van der Waals surface area contributed by atoms with Gasteiger partial charge < -0.3 is 9.32 Å². The molecular formula is C48H31NO. The molecule has 1 heterocycles. The SMILES string of the molecule is c1ccc2cc(-c3ccc4ccc(-c5ccc(N(c6ccc7ccccc7c6)c6ccc7c(c6)oc6ccccc67)cc5)cc4c3)ccc2c1. The Kier molecular flexibility index (Phi) is 6.53. The van der Waals surface area contributed by atoms with Crippen molar-refractivity contribution in [2.45, 2.75) is 0 Å². The minimum absolute atomic E-state index is 0.880. The summed E-state index contributed by atoms with van der Waals surface area (Å²) in [5, 5.41) is 9.67. The van der Waals surface area contributed by atoms with Gasteiger partial charge in [-0.3, -0.25) is 0 Å². The lowest BCUT2D eigenvalue weighted by Crippen LogP contribution is -2.09. The van der Waals surface area contributed by atoms with Gasteiger partial charge in [-0.25, -0.2) is 0 Å². The molecule has 234 valence electrons. The van der Waals surface area contributed by atoms with Gasteiger partial charge in [0.2, 0.25) is 0 Å². The predicted octanol–water partition coefficient (Wildman–Crippen LogP) is 13.8. The summed E-state index contributed by atoms with van der Waals surface area (Å²) < 4.78 is 6.33. The van der Waals surface area contributed by atoms with Crippen molar-refractivity contribution in [2.24, 2.45) is 0 Å². The van der Waals surface area contributed by atoms with Gasteiger partial charge in [-0.2, -0.15) is 0 Å². The van der Waals surface area contributed by atoms with E-state index in [0.29, 0.717) is 0 Å². The van der Waals surface area contributed by atoms with Crippen LogP contribution >= 0.6 is 0 Å². The van der Waals surface area contributed by atoms with Gasteiger partial charge >= 0.3 is 0 Å². The fourth-order valence-corrected chi connectivity index (χ4v) is 7.39. The molecule has 0 unspecified atom stereocenters. The number of rotatable bonds is 5. The van der Waals surface area contributed by atoms with Crippen LogP contribution in [0, 0.1) is 0 Å². The van der Waals surface area contributed by atoms with Crippen molar-refractivity contribution < 1.29 is 4.42 Å². The molecule has 0 atom stereocenters. The van der Waals surface area contributed by atoms with Gasteiger partial charge in [0, 0.05) is 33.9 Å². The predicted molar refractivity (Wildman–Crippen MR) is 212 cm³/mol. The molecule has 0 saturated carbocycles. The molecule has 2 nitrogen and oxygen atoms in total. The number of benzene rings is 9. The molecule has 10 rings (SSSR count). The number of hydrogen-bond acceptors (Lipinski definition) is 2. The van der Waals surface area contributed by atoms with Crippen LogP contribution in [0.4, 0.5) is 17.1 Å². The highest BCUT2D eigenvalue weighted by molar-refractivity contribution is 6.06. The van der Waals surface area contributed by atoms with Crippen LogP contribution in [0.3, 0.4) is 0 Å². The summed E-state index contributed by atoms with van der Waals surface area (Å²) in [6.45, 7) is 0. The Labute approximate surface area is 290 Å². The molecule has 10 aromatic rings. The highest BCUT2D eigenvalue weighted by Crippen LogP contribution is 2.40. The summed E-state index contributed by atoms with van der Waals surface area (Å²) in [7, 11) is 0. The van der Waals surface area contributed by atoms with E-state index >= 15 is 0 Å². The molecule has 9 aromatic carbocycles. The largest absolute Gasteiger partial charge is 0.456 e. The van der Waals surface area contributed by atoms with Crippen molar-refractivity contribution in [3.05, 3.63) is 188 Å². The smallest absolute Gasteiger partial charge is 0.137 e. The summed E-state index contributed by atoms with van der Waals surface area (Å²) in [6.07, 6.45) is 0. The van der Waals surface area contributed by atoms with Gasteiger partial charge in [-0.05, 0) is 115 Å². The fourth-order valence-electron chi connectivity index (χ4n) is 7.39. The first-order valence-corrected chi connectivity index (χ1v) is 17.1. The second-order valence-electron chi connectivity index (χ2n) is 13.0. The van der Waals surface area contributed by atoms with E-state index in [4.69, 9.17) is 4.42 Å². The number of nitrogens with zero attached hydrogens (tertiary/aromatic N) is 1. The van der Waals surface area contributed by atoms with E-state index in [2.05, 4.69) is 181 Å². The van der Waals surface area contributed by atoms with Gasteiger partial charge in [0.05, 0.1) is 0 Å². The van der Waals surface area contributed by atoms with Gasteiger partial charge in [0.1, 0.15) is 11.2 Å². The first-order chi connectivity index (χ1) is 24.7. The molecule has 50 heavy (non-hydrogen) atoms. The first-order valence-electron chi connectivity index (χ1n) is 17.1. The summed E-state index contributed by atoms with van der Waals surface area (Å²) in [5.41, 5.74) is 9.84. The van der Waals surface area contributed by atoms with Crippen LogP contribution in [-0.4, -0.2) is 0 Å². The molecule has 0 spiro atoms. The lowest BCUT2D eigenvalue weighted by atomic mass is 9.96. The van der Waals surface area contributed by atoms with E-state index in [9.17, 15) is 0 Å². The molecule has 0 saturated heterocycles. The number of fused-ring (bicyclic) bond motifs is 6. The molecule has 2 heteroatoms. The molecule has 0 amide bonds. The van der Waals surface area contributed by atoms with Crippen molar-refractivity contribution in [2.75, 3.05) is 4.90 Å². The third-order valence-electron chi connectivity index (χ3n) is 9.99. The Balaban J connectivity index is 1.04. The maximum Gasteiger partial charge on any atom is 0.137 e. The van der Waals surface area contributed by atoms with Crippen LogP contribution in [0.1, 0.15) is 0 Å². The maximum atomic E-state index is 6.33. The van der Waals surface area contributed by atoms with E-state index in [1.54, 1.807) is 0 Å². The zero-order valence-corrected chi connectivity index (χ0v) is 27.3. The molecule has 0 aliphatic rings. The third-order valence-corrected chi connectivity index (χ3v) is 9.99. The van der Waals surface area contributed by atoms with Crippen LogP contribution in [0.25, 0.3) is 76.5 Å². The van der Waals surface area contributed by atoms with Crippen LogP contribution in [0.15, 0.2) is 192 Å². The van der Waals surface area contributed by atoms with E-state index in [-0.39, 0.29) is 0 Å². The van der Waals surface area contributed by atoms with Crippen LogP contribution in [-0.2, 0) is 0 Å². The lowest BCUT2D eigenvalue weighted by Gasteiger charge is -2.26. The highest BCUT2D eigenvalue weighted by Gasteiger charge is 2.16. The molecule has 0 N–H and O–H groups in total. The monoisotopic (exact) mass is 637 g/mol. The van der Waals surface area contributed by atoms with Gasteiger partial charge in [-0.1, -0.05) is 121 Å². The van der Waals surface area contributed by atoms with E-state index in [1.165, 1.54) is 54.6 Å². The van der Waals surface area contributed by atoms with Gasteiger partial charge in [0.25, 0.3) is 0 Å². The fraction of sp³-hybridized carbons (Fsp3) is 0. The zero-order chi connectivity index (χ0) is 33.0. The lowest BCUT2D eigenvalue weighted by molar-refractivity contribution is 0.669. The normalized spacial score (nSPS) is 11.6. The van der Waals surface area contributed by atoms with E-state index in [0.717, 1.165) is 39.0 Å². The van der Waals surface area contributed by atoms with E-state index in [1.807, 2.05) is 12.1 Å². The highest BCUT2D eigenvalue weighted by atomic mass is 16.3. The van der Waals surface area contributed by atoms with Crippen LogP contribution in [0.5, 0.6) is 0 Å². The Morgan fingerprint density at radius 2 is 0.740 bits per heavy atom. The number of hydrogen-bond donors (Lipinski definition) is 0. The molecule has 0 aliphatic carbocycles. The van der Waals surface area contributed by atoms with Crippen LogP contribution < -0.4 is 4.90 Å². The quantitative estimate of drug-likeness (QED) is 0.187. The Morgan fingerprint density at radius 1 is 0.280 bits per heavy atom. The number of anilines is 3. The van der Waals surface area contributed by atoms with Crippen molar-refractivity contribution in [3.63, 3.8) is 0 Å². The summed E-state index contributed by atoms with van der Waals surface area (Å²) in [6, 6.07) is 67.7. The Bertz CT molecular complexity index is 2880. The molecule has 0 fully saturated rings. The minimum Gasteiger partial charge on any atom is -0.456 e. The molecule has 0 bridgehead atoms. The Morgan fingerprint density at radius 3 is 1.46 bits per heavy atom. The first kappa shape index (κ1) is 28.4. The summed E-state index contributed by atoms with van der Waals surface area (Å²) in [5.74, 6) is 0. The molecular weight excluding hydrogens is 607 g/mol. The van der Waals surface area contributed by atoms with Crippen LogP contribution in [0.2, 0.25) is 0 Å². The van der Waals surface area contributed by atoms with Crippen molar-refractivity contribution >= 4 is 71.3 Å². The minimum atomic E-state index is 0.880.